The zero-order chi connectivity index (χ0) is 17.6. The number of methoxy groups -OCH3 is 1. The van der Waals surface area contributed by atoms with Crippen LogP contribution in [0.2, 0.25) is 0 Å². The third kappa shape index (κ3) is 4.60. The molecule has 0 unspecified atom stereocenters. The summed E-state index contributed by atoms with van der Waals surface area (Å²) in [5.74, 6) is 1.30. The topological polar surface area (TPSA) is 64.3 Å². The summed E-state index contributed by atoms with van der Waals surface area (Å²) in [5.41, 5.74) is 9.43. The van der Waals surface area contributed by atoms with Gasteiger partial charge in [-0.2, -0.15) is 0 Å². The van der Waals surface area contributed by atoms with Crippen LogP contribution in [0.4, 0.5) is 0 Å². The second kappa shape index (κ2) is 8.17. The molecule has 1 fully saturated rings. The van der Waals surface area contributed by atoms with E-state index in [1.807, 2.05) is 24.3 Å². The molecule has 1 amide bonds. The second-order valence-electron chi connectivity index (χ2n) is 6.76. The highest BCUT2D eigenvalue weighted by Gasteiger charge is 2.25. The van der Waals surface area contributed by atoms with Gasteiger partial charge in [0.1, 0.15) is 5.75 Å². The summed E-state index contributed by atoms with van der Waals surface area (Å²) >= 11 is 0. The summed E-state index contributed by atoms with van der Waals surface area (Å²) in [6, 6.07) is 16.5. The van der Waals surface area contributed by atoms with E-state index in [-0.39, 0.29) is 11.9 Å². The summed E-state index contributed by atoms with van der Waals surface area (Å²) in [6.45, 7) is 0.559. The van der Waals surface area contributed by atoms with Gasteiger partial charge in [-0.25, -0.2) is 0 Å². The first-order valence-electron chi connectivity index (χ1n) is 8.91. The Hall–Kier alpha value is -2.33. The summed E-state index contributed by atoms with van der Waals surface area (Å²) in [7, 11) is 1.67. The van der Waals surface area contributed by atoms with Crippen molar-refractivity contribution in [1.82, 2.24) is 5.32 Å². The fourth-order valence-electron chi connectivity index (χ4n) is 3.43. The Balaban J connectivity index is 1.52. The van der Waals surface area contributed by atoms with Crippen LogP contribution in [0.1, 0.15) is 31.2 Å². The lowest BCUT2D eigenvalue weighted by molar-refractivity contribution is -0.122. The largest absolute Gasteiger partial charge is 0.497 e. The van der Waals surface area contributed by atoms with Crippen LogP contribution in [0, 0.1) is 5.92 Å². The Kier molecular flexibility index (Phi) is 5.71. The molecule has 3 rings (SSSR count). The average molecular weight is 338 g/mol. The van der Waals surface area contributed by atoms with Crippen LogP contribution in [0.15, 0.2) is 48.5 Å². The number of amides is 1. The first-order chi connectivity index (χ1) is 12.2. The summed E-state index contributed by atoms with van der Waals surface area (Å²) < 4.78 is 5.18. The monoisotopic (exact) mass is 338 g/mol. The van der Waals surface area contributed by atoms with Crippen LogP contribution in [0.3, 0.4) is 0 Å². The number of rotatable bonds is 6. The first kappa shape index (κ1) is 17.5. The van der Waals surface area contributed by atoms with E-state index in [2.05, 4.69) is 29.6 Å². The third-order valence-electron chi connectivity index (χ3n) is 5.03. The number of ether oxygens (including phenoxy) is 1. The highest BCUT2D eigenvalue weighted by Crippen LogP contribution is 2.26. The van der Waals surface area contributed by atoms with Gasteiger partial charge in [0.25, 0.3) is 0 Å². The predicted molar refractivity (Wildman–Crippen MR) is 100 cm³/mol. The second-order valence-corrected chi connectivity index (χ2v) is 6.76. The number of nitrogens with two attached hydrogens (primary N) is 1. The SMILES string of the molecule is COc1ccc(-c2ccc(CNC(=O)C[C@@H]3CCC[C@H]3N)cc2)cc1. The predicted octanol–water partition coefficient (Wildman–Crippen LogP) is 3.50. The van der Waals surface area contributed by atoms with Gasteiger partial charge in [0, 0.05) is 19.0 Å². The molecule has 0 radical (unpaired) electrons. The standard InChI is InChI=1S/C21H26N2O2/c1-25-19-11-9-17(10-12-19)16-7-5-15(6-8-16)14-23-21(24)13-18-3-2-4-20(18)22/h5-12,18,20H,2-4,13-14,22H2,1H3,(H,23,24)/t18-,20+/m0/s1. The van der Waals surface area contributed by atoms with Crippen molar-refractivity contribution in [3.8, 4) is 16.9 Å². The number of hydrogen-bond acceptors (Lipinski definition) is 3. The molecule has 0 aromatic heterocycles. The van der Waals surface area contributed by atoms with Gasteiger partial charge in [-0.3, -0.25) is 4.79 Å². The van der Waals surface area contributed by atoms with Gasteiger partial charge < -0.3 is 15.8 Å². The van der Waals surface area contributed by atoms with Crippen molar-refractivity contribution in [2.24, 2.45) is 11.7 Å². The molecule has 0 spiro atoms. The molecule has 3 N–H and O–H groups in total. The number of benzene rings is 2. The minimum atomic E-state index is 0.0987. The van der Waals surface area contributed by atoms with Crippen LogP contribution in [0.25, 0.3) is 11.1 Å². The molecular weight excluding hydrogens is 312 g/mol. The molecule has 0 bridgehead atoms. The summed E-state index contributed by atoms with van der Waals surface area (Å²) in [5, 5.41) is 3.01. The highest BCUT2D eigenvalue weighted by atomic mass is 16.5. The Bertz CT molecular complexity index is 695. The number of hydrogen-bond donors (Lipinski definition) is 2. The van der Waals surface area contributed by atoms with Crippen LogP contribution >= 0.6 is 0 Å². The molecule has 0 heterocycles. The summed E-state index contributed by atoms with van der Waals surface area (Å²) in [4.78, 5) is 12.1. The van der Waals surface area contributed by atoms with E-state index in [1.165, 1.54) is 0 Å². The quantitative estimate of drug-likeness (QED) is 0.847. The van der Waals surface area contributed by atoms with E-state index in [0.717, 1.165) is 41.7 Å². The van der Waals surface area contributed by atoms with E-state index >= 15 is 0 Å². The Morgan fingerprint density at radius 2 is 1.72 bits per heavy atom. The fourth-order valence-corrected chi connectivity index (χ4v) is 3.43. The van der Waals surface area contributed by atoms with Gasteiger partial charge in [0.15, 0.2) is 0 Å². The van der Waals surface area contributed by atoms with E-state index in [4.69, 9.17) is 10.5 Å². The average Bonchev–Trinajstić information content (AvgIpc) is 3.05. The maximum Gasteiger partial charge on any atom is 0.220 e. The molecule has 2 aromatic rings. The smallest absolute Gasteiger partial charge is 0.220 e. The normalized spacial score (nSPS) is 19.6. The molecule has 1 aliphatic carbocycles. The Morgan fingerprint density at radius 3 is 2.28 bits per heavy atom. The maximum absolute atomic E-state index is 12.1. The van der Waals surface area contributed by atoms with Gasteiger partial charge in [0.05, 0.1) is 7.11 Å². The van der Waals surface area contributed by atoms with Gasteiger partial charge in [-0.05, 0) is 47.6 Å². The minimum Gasteiger partial charge on any atom is -0.497 e. The molecule has 2 atom stereocenters. The van der Waals surface area contributed by atoms with E-state index < -0.39 is 0 Å². The molecule has 25 heavy (non-hydrogen) atoms. The first-order valence-corrected chi connectivity index (χ1v) is 8.91. The van der Waals surface area contributed by atoms with Crippen molar-refractivity contribution in [3.63, 3.8) is 0 Å². The van der Waals surface area contributed by atoms with Crippen LogP contribution in [0.5, 0.6) is 5.75 Å². The Labute approximate surface area is 149 Å². The van der Waals surface area contributed by atoms with Gasteiger partial charge >= 0.3 is 0 Å². The van der Waals surface area contributed by atoms with Crippen molar-refractivity contribution < 1.29 is 9.53 Å². The number of nitrogens with one attached hydrogen (secondary N) is 1. The van der Waals surface area contributed by atoms with E-state index in [9.17, 15) is 4.79 Å². The number of carbonyl (C=O) groups is 1. The molecule has 132 valence electrons. The lowest BCUT2D eigenvalue weighted by atomic mass is 10.00. The highest BCUT2D eigenvalue weighted by molar-refractivity contribution is 5.76. The van der Waals surface area contributed by atoms with Crippen molar-refractivity contribution in [3.05, 3.63) is 54.1 Å². The van der Waals surface area contributed by atoms with Crippen molar-refractivity contribution >= 4 is 5.91 Å². The third-order valence-corrected chi connectivity index (χ3v) is 5.03. The minimum absolute atomic E-state index is 0.0987. The fraction of sp³-hybridized carbons (Fsp3) is 0.381. The lowest BCUT2D eigenvalue weighted by Gasteiger charge is -2.14. The zero-order valence-electron chi connectivity index (χ0n) is 14.7. The van der Waals surface area contributed by atoms with Gasteiger partial charge in [0.2, 0.25) is 5.91 Å². The molecule has 4 nitrogen and oxygen atoms in total. The molecule has 4 heteroatoms. The maximum atomic E-state index is 12.1. The lowest BCUT2D eigenvalue weighted by Crippen LogP contribution is -2.31. The van der Waals surface area contributed by atoms with Crippen LogP contribution in [-0.4, -0.2) is 19.1 Å². The van der Waals surface area contributed by atoms with Crippen LogP contribution in [-0.2, 0) is 11.3 Å². The molecular formula is C21H26N2O2. The molecule has 1 aliphatic rings. The van der Waals surface area contributed by atoms with Gasteiger partial charge in [-0.1, -0.05) is 42.8 Å². The van der Waals surface area contributed by atoms with E-state index in [0.29, 0.717) is 18.9 Å². The van der Waals surface area contributed by atoms with Crippen molar-refractivity contribution in [2.75, 3.05) is 7.11 Å². The number of carbonyl (C=O) groups excluding carboxylic acids is 1. The van der Waals surface area contributed by atoms with E-state index in [1.54, 1.807) is 7.11 Å². The zero-order valence-corrected chi connectivity index (χ0v) is 14.7. The molecule has 0 aliphatic heterocycles. The van der Waals surface area contributed by atoms with Gasteiger partial charge in [-0.15, -0.1) is 0 Å². The van der Waals surface area contributed by atoms with Crippen molar-refractivity contribution in [1.29, 1.82) is 0 Å². The van der Waals surface area contributed by atoms with Crippen LogP contribution < -0.4 is 15.8 Å². The molecule has 0 saturated heterocycles. The molecule has 1 saturated carbocycles. The summed E-state index contributed by atoms with van der Waals surface area (Å²) in [6.07, 6.45) is 3.81. The van der Waals surface area contributed by atoms with Crippen molar-refractivity contribution in [2.45, 2.75) is 38.3 Å². The Morgan fingerprint density at radius 1 is 1.08 bits per heavy atom. The molecule has 2 aromatic carbocycles.